The largest absolute Gasteiger partial charge is 0.398 e. The Morgan fingerprint density at radius 1 is 1.57 bits per heavy atom. The Hall–Kier alpha value is -1.79. The van der Waals surface area contributed by atoms with Crippen molar-refractivity contribution in [3.63, 3.8) is 0 Å². The minimum absolute atomic E-state index is 0.180. The maximum absolute atomic E-state index is 8.71. The van der Waals surface area contributed by atoms with Crippen LogP contribution in [0.25, 0.3) is 0 Å². The van der Waals surface area contributed by atoms with Crippen LogP contribution in [0, 0.1) is 11.3 Å². The molecule has 0 spiro atoms. The molecule has 0 heterocycles. The molecule has 1 atom stereocenters. The third-order valence-corrected chi connectivity index (χ3v) is 2.04. The molecule has 0 unspecified atom stereocenters. The predicted molar refractivity (Wildman–Crippen MR) is 57.3 cm³/mol. The molecule has 0 amide bonds. The second-order valence-electron chi connectivity index (χ2n) is 3.09. The van der Waals surface area contributed by atoms with Gasteiger partial charge in [-0.25, -0.2) is 0 Å². The first kappa shape index (κ1) is 10.3. The Balaban J connectivity index is 3.06. The summed E-state index contributed by atoms with van der Waals surface area (Å²) in [6.07, 6.45) is 2.39. The van der Waals surface area contributed by atoms with E-state index in [2.05, 4.69) is 12.6 Å². The SMILES string of the molecule is C=CC[C@@H](N)c1cc(C#N)ccc1N. The number of nitrogen functional groups attached to an aromatic ring is 1. The van der Waals surface area contributed by atoms with E-state index in [9.17, 15) is 0 Å². The van der Waals surface area contributed by atoms with Crippen LogP contribution in [0.4, 0.5) is 5.69 Å². The number of nitriles is 1. The number of nitrogens with zero attached hydrogens (tertiary/aromatic N) is 1. The summed E-state index contributed by atoms with van der Waals surface area (Å²) in [5.41, 5.74) is 13.6. The molecule has 0 radical (unpaired) electrons. The van der Waals surface area contributed by atoms with Gasteiger partial charge in [0.1, 0.15) is 0 Å². The Kier molecular flexibility index (Phi) is 3.27. The highest BCUT2D eigenvalue weighted by Gasteiger charge is 2.08. The van der Waals surface area contributed by atoms with Crippen molar-refractivity contribution in [2.45, 2.75) is 12.5 Å². The van der Waals surface area contributed by atoms with Crippen LogP contribution in [-0.4, -0.2) is 0 Å². The maximum atomic E-state index is 8.71. The molecule has 3 nitrogen and oxygen atoms in total. The molecular formula is C11H13N3. The quantitative estimate of drug-likeness (QED) is 0.558. The molecule has 72 valence electrons. The molecule has 1 aromatic carbocycles. The van der Waals surface area contributed by atoms with Gasteiger partial charge in [0.05, 0.1) is 11.6 Å². The van der Waals surface area contributed by atoms with E-state index in [1.807, 2.05) is 0 Å². The molecule has 0 aliphatic rings. The first-order chi connectivity index (χ1) is 6.69. The second kappa shape index (κ2) is 4.45. The highest BCUT2D eigenvalue weighted by molar-refractivity contribution is 5.52. The Labute approximate surface area is 83.6 Å². The third kappa shape index (κ3) is 2.12. The number of rotatable bonds is 3. The summed E-state index contributed by atoms with van der Waals surface area (Å²) >= 11 is 0. The van der Waals surface area contributed by atoms with Crippen LogP contribution in [0.2, 0.25) is 0 Å². The van der Waals surface area contributed by atoms with Gasteiger partial charge in [-0.2, -0.15) is 5.26 Å². The van der Waals surface area contributed by atoms with Gasteiger partial charge in [-0.1, -0.05) is 6.08 Å². The van der Waals surface area contributed by atoms with Crippen molar-refractivity contribution < 1.29 is 0 Å². The van der Waals surface area contributed by atoms with Gasteiger partial charge < -0.3 is 11.5 Å². The van der Waals surface area contributed by atoms with E-state index in [4.69, 9.17) is 16.7 Å². The van der Waals surface area contributed by atoms with Crippen LogP contribution < -0.4 is 11.5 Å². The van der Waals surface area contributed by atoms with E-state index in [-0.39, 0.29) is 6.04 Å². The summed E-state index contributed by atoms with van der Waals surface area (Å²) < 4.78 is 0. The monoisotopic (exact) mass is 187 g/mol. The first-order valence-corrected chi connectivity index (χ1v) is 4.35. The van der Waals surface area contributed by atoms with Crippen molar-refractivity contribution in [1.29, 1.82) is 5.26 Å². The lowest BCUT2D eigenvalue weighted by Gasteiger charge is -2.12. The van der Waals surface area contributed by atoms with Gasteiger partial charge in [0.2, 0.25) is 0 Å². The van der Waals surface area contributed by atoms with E-state index in [0.29, 0.717) is 17.7 Å². The van der Waals surface area contributed by atoms with Crippen molar-refractivity contribution in [3.05, 3.63) is 42.0 Å². The van der Waals surface area contributed by atoms with Crippen molar-refractivity contribution in [2.24, 2.45) is 5.73 Å². The molecule has 0 saturated heterocycles. The molecular weight excluding hydrogens is 174 g/mol. The van der Waals surface area contributed by atoms with Gasteiger partial charge in [0, 0.05) is 11.7 Å². The van der Waals surface area contributed by atoms with E-state index in [1.54, 1.807) is 24.3 Å². The summed E-state index contributed by atoms with van der Waals surface area (Å²) in [5, 5.41) is 8.71. The molecule has 0 bridgehead atoms. The van der Waals surface area contributed by atoms with E-state index >= 15 is 0 Å². The van der Waals surface area contributed by atoms with E-state index in [1.165, 1.54) is 0 Å². The summed E-state index contributed by atoms with van der Waals surface area (Å²) in [4.78, 5) is 0. The highest BCUT2D eigenvalue weighted by atomic mass is 14.7. The summed E-state index contributed by atoms with van der Waals surface area (Å²) in [6, 6.07) is 6.99. The Morgan fingerprint density at radius 3 is 2.86 bits per heavy atom. The van der Waals surface area contributed by atoms with Crippen molar-refractivity contribution in [2.75, 3.05) is 5.73 Å². The number of hydrogen-bond acceptors (Lipinski definition) is 3. The lowest BCUT2D eigenvalue weighted by molar-refractivity contribution is 0.744. The minimum Gasteiger partial charge on any atom is -0.398 e. The molecule has 0 aromatic heterocycles. The molecule has 1 aromatic rings. The zero-order valence-electron chi connectivity index (χ0n) is 7.90. The molecule has 1 rings (SSSR count). The lowest BCUT2D eigenvalue weighted by atomic mass is 10.0. The number of benzene rings is 1. The first-order valence-electron chi connectivity index (χ1n) is 4.35. The summed E-state index contributed by atoms with van der Waals surface area (Å²) in [5.74, 6) is 0. The number of anilines is 1. The third-order valence-electron chi connectivity index (χ3n) is 2.04. The van der Waals surface area contributed by atoms with Gasteiger partial charge in [-0.05, 0) is 30.2 Å². The summed E-state index contributed by atoms with van der Waals surface area (Å²) in [6.45, 7) is 3.61. The van der Waals surface area contributed by atoms with Gasteiger partial charge in [0.15, 0.2) is 0 Å². The number of nitrogens with two attached hydrogens (primary N) is 2. The fourth-order valence-electron chi connectivity index (χ4n) is 1.27. The van der Waals surface area contributed by atoms with Gasteiger partial charge in [-0.15, -0.1) is 6.58 Å². The molecule has 0 saturated carbocycles. The van der Waals surface area contributed by atoms with E-state index in [0.717, 1.165) is 5.56 Å². The molecule has 0 fully saturated rings. The predicted octanol–water partition coefficient (Wildman–Crippen LogP) is 1.72. The highest BCUT2D eigenvalue weighted by Crippen LogP contribution is 2.22. The molecule has 4 N–H and O–H groups in total. The van der Waals surface area contributed by atoms with Gasteiger partial charge in [0.25, 0.3) is 0 Å². The zero-order chi connectivity index (χ0) is 10.6. The summed E-state index contributed by atoms with van der Waals surface area (Å²) in [7, 11) is 0. The Bertz CT molecular complexity index is 377. The van der Waals surface area contributed by atoms with Crippen LogP contribution in [0.3, 0.4) is 0 Å². The van der Waals surface area contributed by atoms with Crippen LogP contribution in [0.1, 0.15) is 23.6 Å². The minimum atomic E-state index is -0.180. The Morgan fingerprint density at radius 2 is 2.29 bits per heavy atom. The van der Waals surface area contributed by atoms with Crippen LogP contribution in [-0.2, 0) is 0 Å². The van der Waals surface area contributed by atoms with E-state index < -0.39 is 0 Å². The fourth-order valence-corrected chi connectivity index (χ4v) is 1.27. The molecule has 0 aliphatic carbocycles. The topological polar surface area (TPSA) is 75.8 Å². The van der Waals surface area contributed by atoms with Crippen molar-refractivity contribution >= 4 is 5.69 Å². The van der Waals surface area contributed by atoms with Gasteiger partial charge in [-0.3, -0.25) is 0 Å². The molecule has 3 heteroatoms. The number of hydrogen-bond donors (Lipinski definition) is 2. The van der Waals surface area contributed by atoms with Crippen LogP contribution in [0.15, 0.2) is 30.9 Å². The van der Waals surface area contributed by atoms with Crippen molar-refractivity contribution in [3.8, 4) is 6.07 Å². The normalized spacial score (nSPS) is 11.7. The fraction of sp³-hybridized carbons (Fsp3) is 0.182. The second-order valence-corrected chi connectivity index (χ2v) is 3.09. The molecule has 14 heavy (non-hydrogen) atoms. The van der Waals surface area contributed by atoms with Crippen LogP contribution in [0.5, 0.6) is 0 Å². The maximum Gasteiger partial charge on any atom is 0.0991 e. The van der Waals surface area contributed by atoms with Crippen LogP contribution >= 0.6 is 0 Å². The zero-order valence-corrected chi connectivity index (χ0v) is 7.90. The smallest absolute Gasteiger partial charge is 0.0991 e. The molecule has 0 aliphatic heterocycles. The van der Waals surface area contributed by atoms with Crippen molar-refractivity contribution in [1.82, 2.24) is 0 Å². The van der Waals surface area contributed by atoms with Gasteiger partial charge >= 0.3 is 0 Å². The lowest BCUT2D eigenvalue weighted by Crippen LogP contribution is -2.11. The average molecular weight is 187 g/mol. The standard InChI is InChI=1S/C11H13N3/c1-2-3-10(13)9-6-8(7-12)4-5-11(9)14/h2,4-6,10H,1,3,13-14H2/t10-/m1/s1. The average Bonchev–Trinajstić information content (AvgIpc) is 2.19.